The molecule has 5 nitrogen and oxygen atoms in total. The van der Waals surface area contributed by atoms with Crippen molar-refractivity contribution in [1.82, 2.24) is 5.32 Å². The van der Waals surface area contributed by atoms with E-state index in [4.69, 9.17) is 0 Å². The summed E-state index contributed by atoms with van der Waals surface area (Å²) >= 11 is 0. The lowest BCUT2D eigenvalue weighted by atomic mass is 9.89. The topological polar surface area (TPSA) is 86.6 Å². The molecule has 0 aliphatic rings. The second kappa shape index (κ2) is 6.66. The fourth-order valence-electron chi connectivity index (χ4n) is 1.06. The molecule has 0 saturated carbocycles. The molecule has 18 heavy (non-hydrogen) atoms. The van der Waals surface area contributed by atoms with Crippen LogP contribution in [0.5, 0.6) is 0 Å². The Morgan fingerprint density at radius 2 is 1.83 bits per heavy atom. The molecule has 3 N–H and O–H groups in total. The van der Waals surface area contributed by atoms with Crippen LogP contribution in [0.3, 0.4) is 0 Å². The van der Waals surface area contributed by atoms with Gasteiger partial charge in [-0.2, -0.15) is 0 Å². The molecule has 0 aromatic carbocycles. The predicted molar refractivity (Wildman–Crippen MR) is 68.7 cm³/mol. The minimum Gasteiger partial charge on any atom is -0.388 e. The minimum absolute atomic E-state index is 0.261. The van der Waals surface area contributed by atoms with Gasteiger partial charge in [0, 0.05) is 11.8 Å². The average Bonchev–Trinajstić information content (AvgIpc) is 2.28. The first-order valence-electron chi connectivity index (χ1n) is 5.97. The van der Waals surface area contributed by atoms with Crippen LogP contribution >= 0.6 is 0 Å². The number of allylic oxidation sites excluding steroid dienone is 1. The van der Waals surface area contributed by atoms with Crippen molar-refractivity contribution in [3.8, 4) is 0 Å². The zero-order chi connectivity index (χ0) is 14.5. The van der Waals surface area contributed by atoms with E-state index in [9.17, 15) is 19.8 Å². The summed E-state index contributed by atoms with van der Waals surface area (Å²) in [5.41, 5.74) is -0.319. The molecule has 0 aliphatic carbocycles. The van der Waals surface area contributed by atoms with Gasteiger partial charge in [0.15, 0.2) is 12.0 Å². The number of aliphatic hydroxyl groups is 2. The van der Waals surface area contributed by atoms with Gasteiger partial charge in [-0.25, -0.2) is 0 Å². The highest BCUT2D eigenvalue weighted by molar-refractivity contribution is 5.94. The molecule has 0 aliphatic heterocycles. The van der Waals surface area contributed by atoms with Crippen LogP contribution in [0.4, 0.5) is 0 Å². The summed E-state index contributed by atoms with van der Waals surface area (Å²) in [7, 11) is 0. The lowest BCUT2D eigenvalue weighted by Crippen LogP contribution is -2.48. The van der Waals surface area contributed by atoms with Crippen molar-refractivity contribution in [1.29, 1.82) is 0 Å². The number of amides is 1. The van der Waals surface area contributed by atoms with Crippen LogP contribution in [0.15, 0.2) is 12.2 Å². The molecular weight excluding hydrogens is 234 g/mol. The number of nitrogens with one attached hydrogen (secondary N) is 1. The molecule has 0 fully saturated rings. The number of hydrogen-bond donors (Lipinski definition) is 3. The first-order valence-corrected chi connectivity index (χ1v) is 5.97. The quantitative estimate of drug-likeness (QED) is 0.464. The number of hydrogen-bond acceptors (Lipinski definition) is 4. The molecule has 0 heterocycles. The molecule has 5 heteroatoms. The Labute approximate surface area is 108 Å². The Balaban J connectivity index is 4.41. The molecule has 0 bridgehead atoms. The monoisotopic (exact) mass is 257 g/mol. The highest BCUT2D eigenvalue weighted by Gasteiger charge is 2.29. The van der Waals surface area contributed by atoms with Crippen LogP contribution in [-0.2, 0) is 9.59 Å². The Kier molecular flexibility index (Phi) is 6.21. The highest BCUT2D eigenvalue weighted by atomic mass is 16.3. The molecular formula is C13H23NO4. The fourth-order valence-corrected chi connectivity index (χ4v) is 1.06. The summed E-state index contributed by atoms with van der Waals surface area (Å²) in [5.74, 6) is -0.704. The number of aliphatic hydroxyl groups excluding tert-OH is 2. The van der Waals surface area contributed by atoms with Gasteiger partial charge in [-0.15, -0.1) is 0 Å². The molecule has 0 saturated heterocycles. The van der Waals surface area contributed by atoms with Crippen molar-refractivity contribution >= 4 is 11.7 Å². The zero-order valence-electron chi connectivity index (χ0n) is 11.5. The van der Waals surface area contributed by atoms with Gasteiger partial charge in [-0.1, -0.05) is 27.4 Å². The van der Waals surface area contributed by atoms with Gasteiger partial charge < -0.3 is 15.5 Å². The lowest BCUT2D eigenvalue weighted by Gasteiger charge is -2.26. The van der Waals surface area contributed by atoms with Gasteiger partial charge in [0.25, 0.3) is 0 Å². The van der Waals surface area contributed by atoms with Gasteiger partial charge in [-0.3, -0.25) is 9.59 Å². The van der Waals surface area contributed by atoms with E-state index in [2.05, 4.69) is 11.9 Å². The van der Waals surface area contributed by atoms with Gasteiger partial charge in [-0.05, 0) is 18.9 Å². The van der Waals surface area contributed by atoms with E-state index in [0.717, 1.165) is 0 Å². The molecule has 2 atom stereocenters. The second-order valence-corrected chi connectivity index (χ2v) is 5.13. The third-order valence-corrected chi connectivity index (χ3v) is 3.01. The van der Waals surface area contributed by atoms with E-state index in [1.54, 1.807) is 13.8 Å². The Morgan fingerprint density at radius 3 is 2.22 bits per heavy atom. The summed E-state index contributed by atoms with van der Waals surface area (Å²) < 4.78 is 0. The van der Waals surface area contributed by atoms with Crippen LogP contribution in [-0.4, -0.2) is 34.2 Å². The molecule has 104 valence electrons. The standard InChI is InChI=1S/C13H23NO4/c1-6-13(4,5)12(18)14-11(17)10(16)7-9(15)8(2)3/h10-11,16-17H,2,6-7H2,1,3-5H3,(H,14,18). The number of carbonyl (C=O) groups is 2. The second-order valence-electron chi connectivity index (χ2n) is 5.13. The van der Waals surface area contributed by atoms with Gasteiger partial charge in [0.05, 0.1) is 0 Å². The van der Waals surface area contributed by atoms with Gasteiger partial charge in [0.1, 0.15) is 6.10 Å². The summed E-state index contributed by atoms with van der Waals surface area (Å²) in [6, 6.07) is 0. The maximum atomic E-state index is 11.7. The number of rotatable bonds is 7. The highest BCUT2D eigenvalue weighted by Crippen LogP contribution is 2.19. The summed E-state index contributed by atoms with van der Waals surface area (Å²) in [4.78, 5) is 23.1. The third kappa shape index (κ3) is 4.98. The molecule has 0 aromatic rings. The fraction of sp³-hybridized carbons (Fsp3) is 0.692. The maximum Gasteiger partial charge on any atom is 0.227 e. The van der Waals surface area contributed by atoms with Crippen molar-refractivity contribution in [2.45, 2.75) is 52.9 Å². The number of ketones is 1. The van der Waals surface area contributed by atoms with Crippen molar-refractivity contribution in [2.24, 2.45) is 5.41 Å². The largest absolute Gasteiger partial charge is 0.388 e. The smallest absolute Gasteiger partial charge is 0.227 e. The third-order valence-electron chi connectivity index (χ3n) is 3.01. The van der Waals surface area contributed by atoms with Gasteiger partial charge >= 0.3 is 0 Å². The Morgan fingerprint density at radius 1 is 1.33 bits per heavy atom. The average molecular weight is 257 g/mol. The van der Waals surface area contributed by atoms with E-state index in [1.807, 2.05) is 6.92 Å². The first kappa shape index (κ1) is 16.8. The van der Waals surface area contributed by atoms with Crippen molar-refractivity contribution in [3.05, 3.63) is 12.2 Å². The van der Waals surface area contributed by atoms with Crippen molar-refractivity contribution in [3.63, 3.8) is 0 Å². The summed E-state index contributed by atoms with van der Waals surface area (Å²) in [6.07, 6.45) is -2.44. The molecule has 0 rings (SSSR count). The predicted octanol–water partition coefficient (Wildman–Crippen LogP) is 0.753. The SMILES string of the molecule is C=C(C)C(=O)CC(O)C(O)NC(=O)C(C)(C)CC. The van der Waals surface area contributed by atoms with Crippen molar-refractivity contribution in [2.75, 3.05) is 0 Å². The molecule has 1 amide bonds. The van der Waals surface area contributed by atoms with Crippen molar-refractivity contribution < 1.29 is 19.8 Å². The van der Waals surface area contributed by atoms with E-state index in [1.165, 1.54) is 6.92 Å². The van der Waals surface area contributed by atoms with E-state index < -0.39 is 17.7 Å². The normalized spacial score (nSPS) is 14.8. The van der Waals surface area contributed by atoms with Crippen LogP contribution in [0, 0.1) is 5.41 Å². The minimum atomic E-state index is -1.45. The van der Waals surface area contributed by atoms with Crippen LogP contribution in [0.2, 0.25) is 0 Å². The van der Waals surface area contributed by atoms with E-state index in [-0.39, 0.29) is 18.1 Å². The summed E-state index contributed by atoms with van der Waals surface area (Å²) in [5, 5.41) is 21.5. The Hall–Kier alpha value is -1.20. The number of carbonyl (C=O) groups excluding carboxylic acids is 2. The molecule has 0 aromatic heterocycles. The zero-order valence-corrected chi connectivity index (χ0v) is 11.5. The first-order chi connectivity index (χ1) is 8.11. The molecule has 0 radical (unpaired) electrons. The van der Waals surface area contributed by atoms with Crippen LogP contribution < -0.4 is 5.32 Å². The van der Waals surface area contributed by atoms with Crippen LogP contribution in [0.1, 0.15) is 40.5 Å². The maximum absolute atomic E-state index is 11.7. The number of Topliss-reactive ketones (excluding diaryl/α,β-unsaturated/α-hetero) is 1. The molecule has 0 spiro atoms. The summed E-state index contributed by atoms with van der Waals surface area (Å²) in [6.45, 7) is 10.3. The van der Waals surface area contributed by atoms with Gasteiger partial charge in [0.2, 0.25) is 5.91 Å². The van der Waals surface area contributed by atoms with E-state index >= 15 is 0 Å². The van der Waals surface area contributed by atoms with Crippen LogP contribution in [0.25, 0.3) is 0 Å². The lowest BCUT2D eigenvalue weighted by molar-refractivity contribution is -0.136. The molecule has 2 unspecified atom stereocenters. The van der Waals surface area contributed by atoms with E-state index in [0.29, 0.717) is 12.0 Å². The Bertz CT molecular complexity index is 336.